The molecule has 4 nitrogen and oxygen atoms in total. The molecule has 0 saturated heterocycles. The molecule has 0 bridgehead atoms. The van der Waals surface area contributed by atoms with Crippen molar-refractivity contribution >= 4 is 11.6 Å². The Kier molecular flexibility index (Phi) is 2.38. The molecule has 17 heavy (non-hydrogen) atoms. The number of alkyl halides is 2. The molecule has 90 valence electrons. The van der Waals surface area contributed by atoms with Gasteiger partial charge < -0.3 is 9.51 Å². The molecule has 0 saturated carbocycles. The van der Waals surface area contributed by atoms with Crippen LogP contribution in [0.5, 0.6) is 0 Å². The van der Waals surface area contributed by atoms with Gasteiger partial charge in [-0.2, -0.15) is 0 Å². The van der Waals surface area contributed by atoms with Gasteiger partial charge in [0.25, 0.3) is 5.92 Å². The summed E-state index contributed by atoms with van der Waals surface area (Å²) in [6.07, 6.45) is 2.78. The maximum atomic E-state index is 13.4. The summed E-state index contributed by atoms with van der Waals surface area (Å²) in [5, 5.41) is 8.86. The van der Waals surface area contributed by atoms with Crippen LogP contribution in [-0.4, -0.2) is 20.5 Å². The number of halogens is 2. The molecule has 0 aliphatic carbocycles. The molecule has 6 heteroatoms. The number of hydrogen-bond acceptors (Lipinski definition) is 2. The lowest BCUT2D eigenvalue weighted by atomic mass is 10.1. The monoisotopic (exact) mass is 240 g/mol. The molecule has 0 amide bonds. The highest BCUT2D eigenvalue weighted by atomic mass is 19.3. The van der Waals surface area contributed by atoms with Gasteiger partial charge in [-0.1, -0.05) is 0 Å². The Hall–Kier alpha value is -1.98. The first-order chi connectivity index (χ1) is 7.79. The minimum Gasteiger partial charge on any atom is -0.478 e. The van der Waals surface area contributed by atoms with E-state index in [9.17, 15) is 13.6 Å². The molecule has 0 aliphatic heterocycles. The molecular formula is C11H10F2N2O2. The second kappa shape index (κ2) is 3.51. The molecule has 0 atom stereocenters. The fourth-order valence-electron chi connectivity index (χ4n) is 1.66. The Morgan fingerprint density at radius 3 is 2.65 bits per heavy atom. The highest BCUT2D eigenvalue weighted by Crippen LogP contribution is 2.31. The lowest BCUT2D eigenvalue weighted by Gasteiger charge is -2.12. The van der Waals surface area contributed by atoms with E-state index in [0.29, 0.717) is 5.69 Å². The summed E-state index contributed by atoms with van der Waals surface area (Å²) in [4.78, 5) is 14.8. The number of carboxylic acid groups (broad SMARTS) is 1. The first-order valence-electron chi connectivity index (χ1n) is 4.90. The van der Waals surface area contributed by atoms with Crippen LogP contribution >= 0.6 is 0 Å². The van der Waals surface area contributed by atoms with Gasteiger partial charge >= 0.3 is 5.97 Å². The number of carboxylic acids is 1. The van der Waals surface area contributed by atoms with Gasteiger partial charge in [-0.15, -0.1) is 0 Å². The van der Waals surface area contributed by atoms with E-state index in [1.807, 2.05) is 0 Å². The average molecular weight is 240 g/mol. The van der Waals surface area contributed by atoms with Gasteiger partial charge in [0, 0.05) is 19.3 Å². The zero-order valence-electron chi connectivity index (χ0n) is 9.24. The topological polar surface area (TPSA) is 54.6 Å². The molecule has 0 aromatic carbocycles. The molecule has 2 heterocycles. The zero-order chi connectivity index (χ0) is 12.8. The highest BCUT2D eigenvalue weighted by molar-refractivity contribution is 5.88. The molecule has 0 radical (unpaired) electrons. The zero-order valence-corrected chi connectivity index (χ0v) is 9.24. The van der Waals surface area contributed by atoms with Crippen molar-refractivity contribution in [3.05, 3.63) is 35.3 Å². The van der Waals surface area contributed by atoms with Crippen molar-refractivity contribution < 1.29 is 18.7 Å². The van der Waals surface area contributed by atoms with Gasteiger partial charge in [-0.25, -0.2) is 18.6 Å². The molecule has 0 unspecified atom stereocenters. The van der Waals surface area contributed by atoms with Crippen LogP contribution in [0.25, 0.3) is 5.65 Å². The summed E-state index contributed by atoms with van der Waals surface area (Å²) in [5.74, 6) is -4.38. The fraction of sp³-hybridized carbons (Fsp3) is 0.273. The van der Waals surface area contributed by atoms with Crippen LogP contribution in [0.1, 0.15) is 28.5 Å². The summed E-state index contributed by atoms with van der Waals surface area (Å²) < 4.78 is 28.1. The van der Waals surface area contributed by atoms with Gasteiger partial charge in [-0.05, 0) is 13.0 Å². The third-order valence-electron chi connectivity index (χ3n) is 2.39. The SMILES string of the molecule is Cc1cn2cc(C(=O)O)cc(C(C)(F)F)c2n1. The van der Waals surface area contributed by atoms with Crippen molar-refractivity contribution in [2.24, 2.45) is 0 Å². The summed E-state index contributed by atoms with van der Waals surface area (Å²) in [7, 11) is 0. The van der Waals surface area contributed by atoms with Crippen molar-refractivity contribution in [1.29, 1.82) is 0 Å². The number of aryl methyl sites for hydroxylation is 1. The van der Waals surface area contributed by atoms with Crippen LogP contribution in [-0.2, 0) is 5.92 Å². The number of pyridine rings is 1. The van der Waals surface area contributed by atoms with Crippen LogP contribution in [0.15, 0.2) is 18.5 Å². The molecule has 2 aromatic rings. The Balaban J connectivity index is 2.82. The van der Waals surface area contributed by atoms with E-state index in [1.165, 1.54) is 16.8 Å². The van der Waals surface area contributed by atoms with Crippen molar-refractivity contribution in [1.82, 2.24) is 9.38 Å². The lowest BCUT2D eigenvalue weighted by molar-refractivity contribution is 0.0185. The van der Waals surface area contributed by atoms with Gasteiger partial charge in [0.05, 0.1) is 16.8 Å². The smallest absolute Gasteiger partial charge is 0.337 e. The largest absolute Gasteiger partial charge is 0.478 e. The standard InChI is InChI=1S/C11H10F2N2O2/c1-6-4-15-5-7(10(16)17)3-8(9(15)14-6)11(2,12)13/h3-5H,1-2H3,(H,16,17). The number of rotatable bonds is 2. The quantitative estimate of drug-likeness (QED) is 0.877. The van der Waals surface area contributed by atoms with E-state index in [0.717, 1.165) is 13.0 Å². The second-order valence-corrected chi connectivity index (χ2v) is 3.95. The number of hydrogen-bond donors (Lipinski definition) is 1. The summed E-state index contributed by atoms with van der Waals surface area (Å²) in [5.41, 5.74) is 0.0648. The molecule has 0 aliphatic rings. The number of aromatic nitrogens is 2. The van der Waals surface area contributed by atoms with E-state index >= 15 is 0 Å². The van der Waals surface area contributed by atoms with E-state index in [1.54, 1.807) is 6.92 Å². The molecule has 1 N–H and O–H groups in total. The molecular weight excluding hydrogens is 230 g/mol. The van der Waals surface area contributed by atoms with E-state index < -0.39 is 11.9 Å². The predicted molar refractivity (Wildman–Crippen MR) is 56.5 cm³/mol. The van der Waals surface area contributed by atoms with Crippen molar-refractivity contribution in [2.75, 3.05) is 0 Å². The maximum absolute atomic E-state index is 13.4. The highest BCUT2D eigenvalue weighted by Gasteiger charge is 2.29. The van der Waals surface area contributed by atoms with Crippen LogP contribution in [0.3, 0.4) is 0 Å². The van der Waals surface area contributed by atoms with Crippen LogP contribution in [0, 0.1) is 6.92 Å². The third kappa shape index (κ3) is 1.98. The van der Waals surface area contributed by atoms with Crippen molar-refractivity contribution in [2.45, 2.75) is 19.8 Å². The van der Waals surface area contributed by atoms with Crippen molar-refractivity contribution in [3.63, 3.8) is 0 Å². The van der Waals surface area contributed by atoms with E-state index in [4.69, 9.17) is 5.11 Å². The van der Waals surface area contributed by atoms with Crippen molar-refractivity contribution in [3.8, 4) is 0 Å². The van der Waals surface area contributed by atoms with Gasteiger partial charge in [0.2, 0.25) is 0 Å². The molecule has 2 rings (SSSR count). The maximum Gasteiger partial charge on any atom is 0.337 e. The third-order valence-corrected chi connectivity index (χ3v) is 2.39. The van der Waals surface area contributed by atoms with Crippen LogP contribution in [0.2, 0.25) is 0 Å². The summed E-state index contributed by atoms with van der Waals surface area (Å²) in [6.45, 7) is 2.38. The van der Waals surface area contributed by atoms with Crippen LogP contribution < -0.4 is 0 Å². The summed E-state index contributed by atoms with van der Waals surface area (Å²) in [6, 6.07) is 0.962. The molecule has 2 aromatic heterocycles. The predicted octanol–water partition coefficient (Wildman–Crippen LogP) is 2.45. The number of carbonyl (C=O) groups is 1. The number of aromatic carboxylic acids is 1. The van der Waals surface area contributed by atoms with E-state index in [2.05, 4.69) is 4.98 Å². The Labute approximate surface area is 95.5 Å². The first kappa shape index (κ1) is 11.5. The van der Waals surface area contributed by atoms with Crippen LogP contribution in [0.4, 0.5) is 8.78 Å². The minimum absolute atomic E-state index is 0.0833. The lowest BCUT2D eigenvalue weighted by Crippen LogP contribution is -2.12. The normalized spacial score (nSPS) is 12.0. The summed E-state index contributed by atoms with van der Waals surface area (Å²) >= 11 is 0. The molecule has 0 spiro atoms. The molecule has 0 fully saturated rings. The minimum atomic E-state index is -3.13. The number of nitrogens with zero attached hydrogens (tertiary/aromatic N) is 2. The van der Waals surface area contributed by atoms with Gasteiger partial charge in [0.15, 0.2) is 0 Å². The van der Waals surface area contributed by atoms with Gasteiger partial charge in [-0.3, -0.25) is 0 Å². The Bertz CT molecular complexity index is 599. The Morgan fingerprint density at radius 2 is 2.12 bits per heavy atom. The first-order valence-corrected chi connectivity index (χ1v) is 4.90. The average Bonchev–Trinajstić information content (AvgIpc) is 2.54. The Morgan fingerprint density at radius 1 is 1.47 bits per heavy atom. The van der Waals surface area contributed by atoms with E-state index in [-0.39, 0.29) is 16.8 Å². The van der Waals surface area contributed by atoms with Gasteiger partial charge in [0.1, 0.15) is 5.65 Å². The second-order valence-electron chi connectivity index (χ2n) is 3.95. The fourth-order valence-corrected chi connectivity index (χ4v) is 1.66. The number of imidazole rings is 1. The number of fused-ring (bicyclic) bond motifs is 1.